The van der Waals surface area contributed by atoms with Gasteiger partial charge in [-0.15, -0.1) is 0 Å². The monoisotopic (exact) mass is 189 g/mol. The van der Waals surface area contributed by atoms with E-state index in [9.17, 15) is 14.4 Å². The number of ether oxygens (including phenoxy) is 1. The fraction of sp³-hybridized carbons (Fsp3) is 0.571. The predicted octanol–water partition coefficient (Wildman–Crippen LogP) is 0.470. The van der Waals surface area contributed by atoms with E-state index in [1.165, 1.54) is 0 Å². The third-order valence-corrected chi connectivity index (χ3v) is 0.939. The standard InChI is InChI=1S/C7H11NO5/c1-4-12-7(11)8(5(2)9)13-6(3)10/h4H2,1-3H3. The lowest BCUT2D eigenvalue weighted by atomic mass is 10.7. The van der Waals surface area contributed by atoms with Gasteiger partial charge in [0, 0.05) is 13.8 Å². The van der Waals surface area contributed by atoms with Crippen LogP contribution < -0.4 is 0 Å². The minimum absolute atomic E-state index is 0.101. The number of hydrogen-bond acceptors (Lipinski definition) is 5. The highest BCUT2D eigenvalue weighted by atomic mass is 16.8. The molecule has 0 aliphatic carbocycles. The zero-order valence-corrected chi connectivity index (χ0v) is 7.70. The number of carbonyl (C=O) groups is 3. The molecule has 2 amide bonds. The molecular weight excluding hydrogens is 178 g/mol. The molecule has 0 unspecified atom stereocenters. The van der Waals surface area contributed by atoms with E-state index in [1.807, 2.05) is 0 Å². The van der Waals surface area contributed by atoms with E-state index in [-0.39, 0.29) is 11.7 Å². The van der Waals surface area contributed by atoms with Crippen molar-refractivity contribution in [2.45, 2.75) is 20.8 Å². The molecule has 6 nitrogen and oxygen atoms in total. The van der Waals surface area contributed by atoms with Gasteiger partial charge in [0.2, 0.25) is 0 Å². The van der Waals surface area contributed by atoms with E-state index in [0.717, 1.165) is 13.8 Å². The molecule has 74 valence electrons. The first-order chi connectivity index (χ1) is 5.99. The van der Waals surface area contributed by atoms with E-state index in [1.54, 1.807) is 6.92 Å². The summed E-state index contributed by atoms with van der Waals surface area (Å²) in [7, 11) is 0. The number of hydroxylamine groups is 2. The smallest absolute Gasteiger partial charge is 0.447 e. The van der Waals surface area contributed by atoms with Crippen molar-refractivity contribution in [2.24, 2.45) is 0 Å². The molecule has 0 saturated carbocycles. The van der Waals surface area contributed by atoms with Gasteiger partial charge in [-0.3, -0.25) is 4.79 Å². The molecule has 0 aromatic rings. The second-order valence-corrected chi connectivity index (χ2v) is 2.10. The minimum atomic E-state index is -0.995. The topological polar surface area (TPSA) is 72.9 Å². The Hall–Kier alpha value is -1.59. The van der Waals surface area contributed by atoms with Crippen molar-refractivity contribution in [3.05, 3.63) is 0 Å². The molecule has 0 bridgehead atoms. The summed E-state index contributed by atoms with van der Waals surface area (Å²) < 4.78 is 4.46. The van der Waals surface area contributed by atoms with Crippen LogP contribution in [-0.2, 0) is 19.2 Å². The highest BCUT2D eigenvalue weighted by molar-refractivity contribution is 5.90. The molecular formula is C7H11NO5. The van der Waals surface area contributed by atoms with Gasteiger partial charge in [0.15, 0.2) is 0 Å². The number of carbonyl (C=O) groups excluding carboxylic acids is 3. The van der Waals surface area contributed by atoms with Crippen molar-refractivity contribution < 1.29 is 24.0 Å². The quantitative estimate of drug-likeness (QED) is 0.560. The summed E-state index contributed by atoms with van der Waals surface area (Å²) in [6, 6.07) is 0. The maximum absolute atomic E-state index is 10.9. The first-order valence-corrected chi connectivity index (χ1v) is 3.65. The summed E-state index contributed by atoms with van der Waals surface area (Å²) in [6.45, 7) is 3.84. The Morgan fingerprint density at radius 1 is 1.23 bits per heavy atom. The highest BCUT2D eigenvalue weighted by Gasteiger charge is 2.22. The molecule has 0 radical (unpaired) electrons. The average Bonchev–Trinajstić information content (AvgIpc) is 1.99. The lowest BCUT2D eigenvalue weighted by molar-refractivity contribution is -0.186. The zero-order valence-electron chi connectivity index (χ0n) is 7.70. The zero-order chi connectivity index (χ0) is 10.4. The molecule has 0 saturated heterocycles. The van der Waals surface area contributed by atoms with Crippen LogP contribution >= 0.6 is 0 Å². The summed E-state index contributed by atoms with van der Waals surface area (Å²) in [5.74, 6) is -1.48. The molecule has 6 heteroatoms. The Morgan fingerprint density at radius 3 is 2.08 bits per heavy atom. The minimum Gasteiger partial charge on any atom is -0.447 e. The summed E-state index contributed by atoms with van der Waals surface area (Å²) in [4.78, 5) is 36.4. The fourth-order valence-corrected chi connectivity index (χ4v) is 0.541. The van der Waals surface area contributed by atoms with Gasteiger partial charge in [0.25, 0.3) is 5.91 Å². The molecule has 0 heterocycles. The maximum atomic E-state index is 10.9. The average molecular weight is 189 g/mol. The van der Waals surface area contributed by atoms with E-state index < -0.39 is 18.0 Å². The molecule has 0 rings (SSSR count). The molecule has 0 atom stereocenters. The number of nitrogens with zero attached hydrogens (tertiary/aromatic N) is 1. The largest absolute Gasteiger partial charge is 0.451 e. The van der Waals surface area contributed by atoms with E-state index in [0.29, 0.717) is 0 Å². The highest BCUT2D eigenvalue weighted by Crippen LogP contribution is 1.97. The third-order valence-electron chi connectivity index (χ3n) is 0.939. The Labute approximate surface area is 75.4 Å². The van der Waals surface area contributed by atoms with Gasteiger partial charge in [0.1, 0.15) is 0 Å². The number of imide groups is 1. The number of amides is 2. The van der Waals surface area contributed by atoms with Crippen LogP contribution in [0, 0.1) is 0 Å². The van der Waals surface area contributed by atoms with Crippen LogP contribution in [0.4, 0.5) is 4.79 Å². The molecule has 0 aromatic heterocycles. The van der Waals surface area contributed by atoms with E-state index >= 15 is 0 Å². The Balaban J connectivity index is 4.32. The fourth-order valence-electron chi connectivity index (χ4n) is 0.541. The predicted molar refractivity (Wildman–Crippen MR) is 41.3 cm³/mol. The third kappa shape index (κ3) is 4.09. The van der Waals surface area contributed by atoms with Crippen molar-refractivity contribution >= 4 is 18.0 Å². The molecule has 0 aliphatic heterocycles. The van der Waals surface area contributed by atoms with Gasteiger partial charge >= 0.3 is 12.1 Å². The first kappa shape index (κ1) is 11.4. The maximum Gasteiger partial charge on any atom is 0.451 e. The lowest BCUT2D eigenvalue weighted by Gasteiger charge is -2.15. The van der Waals surface area contributed by atoms with Crippen LogP contribution in [0.2, 0.25) is 0 Å². The second-order valence-electron chi connectivity index (χ2n) is 2.10. The van der Waals surface area contributed by atoms with Crippen LogP contribution in [0.25, 0.3) is 0 Å². The van der Waals surface area contributed by atoms with Crippen molar-refractivity contribution in [1.29, 1.82) is 0 Å². The van der Waals surface area contributed by atoms with Crippen LogP contribution in [0.1, 0.15) is 20.8 Å². The van der Waals surface area contributed by atoms with Crippen LogP contribution in [0.3, 0.4) is 0 Å². The van der Waals surface area contributed by atoms with Crippen molar-refractivity contribution in [3.63, 3.8) is 0 Å². The molecule has 0 aliphatic rings. The number of hydrogen-bond donors (Lipinski definition) is 0. The summed E-state index contributed by atoms with van der Waals surface area (Å²) in [5, 5.41) is 0.270. The lowest BCUT2D eigenvalue weighted by Crippen LogP contribution is -2.37. The van der Waals surface area contributed by atoms with Crippen LogP contribution in [0.5, 0.6) is 0 Å². The summed E-state index contributed by atoms with van der Waals surface area (Å²) >= 11 is 0. The first-order valence-electron chi connectivity index (χ1n) is 3.65. The van der Waals surface area contributed by atoms with Gasteiger partial charge in [0.05, 0.1) is 6.61 Å². The summed E-state index contributed by atoms with van der Waals surface area (Å²) in [6.07, 6.45) is -0.995. The molecule has 0 fully saturated rings. The van der Waals surface area contributed by atoms with E-state index in [4.69, 9.17) is 0 Å². The Morgan fingerprint density at radius 2 is 1.77 bits per heavy atom. The van der Waals surface area contributed by atoms with Crippen molar-refractivity contribution in [3.8, 4) is 0 Å². The molecule has 0 spiro atoms. The van der Waals surface area contributed by atoms with Gasteiger partial charge in [-0.1, -0.05) is 5.06 Å². The molecule has 13 heavy (non-hydrogen) atoms. The van der Waals surface area contributed by atoms with Crippen molar-refractivity contribution in [2.75, 3.05) is 6.61 Å². The molecule has 0 aromatic carbocycles. The Bertz CT molecular complexity index is 225. The normalized spacial score (nSPS) is 8.85. The van der Waals surface area contributed by atoms with Gasteiger partial charge in [-0.25, -0.2) is 9.59 Å². The van der Waals surface area contributed by atoms with E-state index in [2.05, 4.69) is 9.57 Å². The molecule has 0 N–H and O–H groups in total. The van der Waals surface area contributed by atoms with Gasteiger partial charge < -0.3 is 9.57 Å². The number of rotatable bonds is 1. The summed E-state index contributed by atoms with van der Waals surface area (Å²) in [5.41, 5.74) is 0. The Kier molecular flexibility index (Phi) is 4.50. The SMILES string of the molecule is CCOC(=O)N(OC(C)=O)C(C)=O. The second kappa shape index (κ2) is 5.13. The van der Waals surface area contributed by atoms with Gasteiger partial charge in [-0.05, 0) is 6.92 Å². The van der Waals surface area contributed by atoms with Gasteiger partial charge in [-0.2, -0.15) is 0 Å². The van der Waals surface area contributed by atoms with Crippen molar-refractivity contribution in [1.82, 2.24) is 5.06 Å². The van der Waals surface area contributed by atoms with Crippen LogP contribution in [-0.4, -0.2) is 29.6 Å². The van der Waals surface area contributed by atoms with Crippen LogP contribution in [0.15, 0.2) is 0 Å².